The molecule has 19 heteroatoms. The first kappa shape index (κ1) is 45.7. The third-order valence-corrected chi connectivity index (χ3v) is 13.4. The van der Waals surface area contributed by atoms with Gasteiger partial charge in [-0.2, -0.15) is 14.6 Å². The van der Waals surface area contributed by atoms with E-state index in [1.165, 1.54) is 22.3 Å². The van der Waals surface area contributed by atoms with Crippen LogP contribution in [0.2, 0.25) is 0 Å². The number of imide groups is 1. The summed E-state index contributed by atoms with van der Waals surface area (Å²) < 4.78 is 30.8. The molecule has 67 heavy (non-hydrogen) atoms. The highest BCUT2D eigenvalue weighted by molar-refractivity contribution is 7.99. The number of ether oxygens (including phenoxy) is 2. The molecular formula is C48H55FN12O5S. The van der Waals surface area contributed by atoms with Gasteiger partial charge in [-0.25, -0.2) is 14.1 Å². The molecule has 350 valence electrons. The summed E-state index contributed by atoms with van der Waals surface area (Å²) in [6, 6.07) is 19.4. The number of nitrogens with one attached hydrogen (secondary N) is 2. The number of hydrogen-bond acceptors (Lipinski definition) is 15. The molecule has 2 unspecified atom stereocenters. The van der Waals surface area contributed by atoms with Gasteiger partial charge in [0.05, 0.1) is 24.0 Å². The molecule has 2 N–H and O–H groups in total. The van der Waals surface area contributed by atoms with E-state index in [0.29, 0.717) is 54.7 Å². The number of fused-ring (bicyclic) bond motifs is 1. The second-order valence-electron chi connectivity index (χ2n) is 17.4. The Hall–Kier alpha value is -6.41. The molecule has 3 aliphatic rings. The van der Waals surface area contributed by atoms with E-state index >= 15 is 4.39 Å². The second-order valence-corrected chi connectivity index (χ2v) is 18.5. The van der Waals surface area contributed by atoms with Gasteiger partial charge in [-0.3, -0.25) is 29.5 Å². The Bertz CT molecular complexity index is 2770. The number of aromatic nitrogens is 6. The van der Waals surface area contributed by atoms with Crippen LogP contribution >= 0.6 is 11.8 Å². The summed E-state index contributed by atoms with van der Waals surface area (Å²) in [6.07, 6.45) is 6.32. The Morgan fingerprint density at radius 2 is 1.79 bits per heavy atom. The van der Waals surface area contributed by atoms with Gasteiger partial charge in [-0.05, 0) is 101 Å². The lowest BCUT2D eigenvalue weighted by atomic mass is 10.0. The van der Waals surface area contributed by atoms with Crippen molar-refractivity contribution in [1.29, 1.82) is 0 Å². The van der Waals surface area contributed by atoms with Gasteiger partial charge in [0.1, 0.15) is 30.4 Å². The maximum absolute atomic E-state index is 15.7. The Morgan fingerprint density at radius 3 is 2.54 bits per heavy atom. The molecule has 0 saturated carbocycles. The highest BCUT2D eigenvalue weighted by Crippen LogP contribution is 2.36. The van der Waals surface area contributed by atoms with Crippen LogP contribution in [0.5, 0.6) is 5.75 Å². The molecular weight excluding hydrogens is 876 g/mol. The predicted octanol–water partition coefficient (Wildman–Crippen LogP) is 6.42. The number of carbonyl (C=O) groups excluding carboxylic acids is 3. The molecule has 2 atom stereocenters. The van der Waals surface area contributed by atoms with Gasteiger partial charge < -0.3 is 24.6 Å². The SMILES string of the molecule is CCOC(C)n1cc(-c2ncn3nc(Nc4ccc(Sc5cccc(N6CC(N7CCN(c8ccc(C=O)c(CN(C)C9CCC(=O)NC9=O)c8)CC7)C6)c5)cc4F)nc3c2OC(C)C)cn1. The number of amides is 2. The lowest BCUT2D eigenvalue weighted by Gasteiger charge is -2.49. The van der Waals surface area contributed by atoms with E-state index in [0.717, 1.165) is 77.8 Å². The lowest BCUT2D eigenvalue weighted by Crippen LogP contribution is -2.63. The standard InChI is InChI=1S/C48H55FN12O5S/c1-6-65-31(4)60-25-34(23-51-60)44-45(66-30(2)3)46-54-48(55-61(46)29-50-44)52-41-13-12-39(22-40(41)49)67-38-9-7-8-35(21-38)59-26-37(27-59)58-18-16-57(17-19-58)36-11-10-32(28-62)33(20-36)24-56(5)42-14-15-43(63)53-47(42)64/h7-13,20-23,25,28-31,37,42H,6,14-19,24,26-27H2,1-5H3,(H,52,55)(H,53,63,64). The number of hydrogen-bond donors (Lipinski definition) is 2. The maximum atomic E-state index is 15.7. The van der Waals surface area contributed by atoms with Crippen molar-refractivity contribution in [2.75, 3.05) is 68.0 Å². The number of aldehydes is 1. The molecule has 0 bridgehead atoms. The molecule has 0 aliphatic carbocycles. The third kappa shape index (κ3) is 10.1. The van der Waals surface area contributed by atoms with E-state index in [-0.39, 0.29) is 35.8 Å². The summed E-state index contributed by atoms with van der Waals surface area (Å²) >= 11 is 1.50. The summed E-state index contributed by atoms with van der Waals surface area (Å²) in [6.45, 7) is 14.1. The van der Waals surface area contributed by atoms with Gasteiger partial charge in [0.15, 0.2) is 5.75 Å². The topological polar surface area (TPSA) is 168 Å². The summed E-state index contributed by atoms with van der Waals surface area (Å²) in [5, 5.41) is 14.5. The van der Waals surface area contributed by atoms with Gasteiger partial charge in [0.25, 0.3) is 0 Å². The lowest BCUT2D eigenvalue weighted by molar-refractivity contribution is -0.137. The van der Waals surface area contributed by atoms with Crippen molar-refractivity contribution >= 4 is 58.5 Å². The fourth-order valence-corrected chi connectivity index (χ4v) is 9.74. The molecule has 3 aromatic heterocycles. The summed E-state index contributed by atoms with van der Waals surface area (Å²) in [4.78, 5) is 56.4. The van der Waals surface area contributed by atoms with E-state index in [1.54, 1.807) is 23.3 Å². The van der Waals surface area contributed by atoms with Gasteiger partial charge in [-0.1, -0.05) is 17.8 Å². The third-order valence-electron chi connectivity index (χ3n) is 12.4. The monoisotopic (exact) mass is 930 g/mol. The maximum Gasteiger partial charge on any atom is 0.247 e. The molecule has 3 saturated heterocycles. The van der Waals surface area contributed by atoms with Crippen LogP contribution in [0, 0.1) is 5.82 Å². The smallest absolute Gasteiger partial charge is 0.247 e. The molecule has 0 radical (unpaired) electrons. The fourth-order valence-electron chi connectivity index (χ4n) is 8.84. The number of nitrogens with zero attached hydrogens (tertiary/aromatic N) is 10. The van der Waals surface area contributed by atoms with Crippen LogP contribution in [0.25, 0.3) is 16.9 Å². The number of anilines is 4. The molecule has 9 rings (SSSR count). The molecule has 3 aliphatic heterocycles. The van der Waals surface area contributed by atoms with Crippen molar-refractivity contribution in [3.05, 3.63) is 96.3 Å². The Kier molecular flexibility index (Phi) is 13.5. The van der Waals surface area contributed by atoms with Crippen molar-refractivity contribution < 1.29 is 28.2 Å². The number of rotatable bonds is 17. The van der Waals surface area contributed by atoms with Crippen molar-refractivity contribution in [2.45, 2.75) is 81.3 Å². The number of halogens is 1. The zero-order chi connectivity index (χ0) is 46.8. The van der Waals surface area contributed by atoms with Crippen molar-refractivity contribution in [1.82, 2.24) is 44.5 Å². The summed E-state index contributed by atoms with van der Waals surface area (Å²) in [7, 11) is 1.86. The van der Waals surface area contributed by atoms with E-state index in [1.807, 2.05) is 76.2 Å². The second kappa shape index (κ2) is 19.8. The van der Waals surface area contributed by atoms with Crippen LogP contribution in [0.3, 0.4) is 0 Å². The van der Waals surface area contributed by atoms with Gasteiger partial charge in [0.2, 0.25) is 23.4 Å². The largest absolute Gasteiger partial charge is 0.485 e. The van der Waals surface area contributed by atoms with E-state index in [4.69, 9.17) is 9.47 Å². The zero-order valence-corrected chi connectivity index (χ0v) is 39.1. The van der Waals surface area contributed by atoms with Gasteiger partial charge in [-0.15, -0.1) is 5.10 Å². The Balaban J connectivity index is 0.787. The molecule has 17 nitrogen and oxygen atoms in total. The van der Waals surface area contributed by atoms with Gasteiger partial charge >= 0.3 is 0 Å². The molecule has 3 fully saturated rings. The number of likely N-dealkylation sites (N-methyl/N-ethyl adjacent to an activating group) is 1. The fraction of sp³-hybridized carbons (Fsp3) is 0.396. The zero-order valence-electron chi connectivity index (χ0n) is 38.3. The molecule has 6 heterocycles. The quantitative estimate of drug-likeness (QED) is 0.0759. The average Bonchev–Trinajstić information content (AvgIpc) is 3.96. The first-order chi connectivity index (χ1) is 32.4. The summed E-state index contributed by atoms with van der Waals surface area (Å²) in [5.74, 6) is -0.333. The minimum atomic E-state index is -0.435. The Morgan fingerprint density at radius 1 is 1.00 bits per heavy atom. The number of piperazine rings is 1. The van der Waals surface area contributed by atoms with Crippen molar-refractivity contribution in [3.63, 3.8) is 0 Å². The molecule has 6 aromatic rings. The van der Waals surface area contributed by atoms with Crippen LogP contribution in [-0.2, 0) is 20.9 Å². The molecule has 3 aromatic carbocycles. The minimum Gasteiger partial charge on any atom is -0.485 e. The average molecular weight is 931 g/mol. The van der Waals surface area contributed by atoms with Crippen molar-refractivity contribution in [3.8, 4) is 17.0 Å². The predicted molar refractivity (Wildman–Crippen MR) is 254 cm³/mol. The van der Waals surface area contributed by atoms with Crippen LogP contribution in [-0.4, -0.2) is 128 Å². The van der Waals surface area contributed by atoms with Crippen molar-refractivity contribution in [2.24, 2.45) is 0 Å². The first-order valence-corrected chi connectivity index (χ1v) is 23.5. The number of piperidine rings is 1. The number of benzene rings is 3. The summed E-state index contributed by atoms with van der Waals surface area (Å²) in [5.41, 5.74) is 5.62. The Labute approximate surface area is 392 Å². The van der Waals surface area contributed by atoms with Crippen LogP contribution < -0.4 is 25.2 Å². The van der Waals surface area contributed by atoms with E-state index in [9.17, 15) is 14.4 Å². The van der Waals surface area contributed by atoms with E-state index in [2.05, 4.69) is 63.7 Å². The van der Waals surface area contributed by atoms with Crippen LogP contribution in [0.4, 0.5) is 27.4 Å². The minimum absolute atomic E-state index is 0.176. The highest BCUT2D eigenvalue weighted by Gasteiger charge is 2.34. The van der Waals surface area contributed by atoms with Crippen LogP contribution in [0.15, 0.2) is 89.2 Å². The molecule has 0 spiro atoms. The van der Waals surface area contributed by atoms with Gasteiger partial charge in [0, 0.05) is 103 Å². The first-order valence-electron chi connectivity index (χ1n) is 22.7. The number of carbonyl (C=O) groups is 3. The molecule has 2 amide bonds. The van der Waals surface area contributed by atoms with E-state index < -0.39 is 11.9 Å². The van der Waals surface area contributed by atoms with Crippen LogP contribution in [0.1, 0.15) is 62.7 Å². The highest BCUT2D eigenvalue weighted by atomic mass is 32.2. The normalized spacial score (nSPS) is 17.6.